The zero-order valence-corrected chi connectivity index (χ0v) is 23.2. The van der Waals surface area contributed by atoms with E-state index in [1.165, 1.54) is 18.7 Å². The van der Waals surface area contributed by atoms with Crippen LogP contribution in [0.4, 0.5) is 4.39 Å². The molecule has 6 nitrogen and oxygen atoms in total. The highest BCUT2D eigenvalue weighted by Crippen LogP contribution is 2.40. The molecule has 2 N–H and O–H groups in total. The van der Waals surface area contributed by atoms with E-state index in [2.05, 4.69) is 31.9 Å². The van der Waals surface area contributed by atoms with Gasteiger partial charge in [-0.1, -0.05) is 29.8 Å². The number of allylic oxidation sites excluding steroid dienone is 1. The maximum absolute atomic E-state index is 13.9. The van der Waals surface area contributed by atoms with Crippen molar-refractivity contribution in [2.24, 2.45) is 0 Å². The van der Waals surface area contributed by atoms with Crippen LogP contribution in [0.25, 0.3) is 33.5 Å². The van der Waals surface area contributed by atoms with Crippen LogP contribution in [0.15, 0.2) is 90.4 Å². The Morgan fingerprint density at radius 1 is 1.10 bits per heavy atom. The molecule has 0 saturated heterocycles. The molecule has 5 rings (SSSR count). The summed E-state index contributed by atoms with van der Waals surface area (Å²) in [5.41, 5.74) is 8.07. The predicted octanol–water partition coefficient (Wildman–Crippen LogP) is 6.59. The van der Waals surface area contributed by atoms with E-state index in [0.717, 1.165) is 58.6 Å². The van der Waals surface area contributed by atoms with Crippen molar-refractivity contribution in [3.63, 3.8) is 0 Å². The highest BCUT2D eigenvalue weighted by molar-refractivity contribution is 7.89. The number of H-pyrrole nitrogens is 1. The highest BCUT2D eigenvalue weighted by atomic mass is 35.5. The van der Waals surface area contributed by atoms with Gasteiger partial charge < -0.3 is 9.88 Å². The lowest BCUT2D eigenvalue weighted by molar-refractivity contribution is 0.415. The van der Waals surface area contributed by atoms with Gasteiger partial charge in [-0.15, -0.1) is 0 Å². The van der Waals surface area contributed by atoms with E-state index in [4.69, 9.17) is 11.6 Å². The summed E-state index contributed by atoms with van der Waals surface area (Å²) in [6.07, 6.45) is 10.7. The minimum Gasteiger partial charge on any atom is -0.373 e. The third kappa shape index (κ3) is 5.68. The largest absolute Gasteiger partial charge is 0.373 e. The van der Waals surface area contributed by atoms with Gasteiger partial charge in [0.2, 0.25) is 10.0 Å². The number of hydrogen-bond donors (Lipinski definition) is 2. The molecule has 0 fully saturated rings. The molecule has 0 saturated carbocycles. The van der Waals surface area contributed by atoms with Crippen LogP contribution in [0, 0.1) is 5.82 Å². The molecular formula is C30H28ClFN4O2S. The number of pyridine rings is 1. The summed E-state index contributed by atoms with van der Waals surface area (Å²) in [4.78, 5) is 10.1. The van der Waals surface area contributed by atoms with Crippen molar-refractivity contribution < 1.29 is 12.8 Å². The monoisotopic (exact) mass is 562 g/mol. The normalized spacial score (nSPS) is 14.4. The van der Waals surface area contributed by atoms with Crippen LogP contribution < -0.4 is 4.72 Å². The highest BCUT2D eigenvalue weighted by Gasteiger charge is 2.21. The quantitative estimate of drug-likeness (QED) is 0.266. The molecule has 2 aromatic carbocycles. The van der Waals surface area contributed by atoms with Crippen LogP contribution in [0.2, 0.25) is 5.02 Å². The summed E-state index contributed by atoms with van der Waals surface area (Å²) in [5.74, 6) is -0.449. The van der Waals surface area contributed by atoms with Crippen molar-refractivity contribution in [3.05, 3.63) is 107 Å². The Kier molecular flexibility index (Phi) is 7.70. The van der Waals surface area contributed by atoms with E-state index in [9.17, 15) is 12.8 Å². The van der Waals surface area contributed by atoms with Crippen LogP contribution in [0.3, 0.4) is 0 Å². The number of aromatic amines is 1. The molecular weight excluding hydrogens is 535 g/mol. The summed E-state index contributed by atoms with van der Waals surface area (Å²) >= 11 is 6.10. The second-order valence-corrected chi connectivity index (χ2v) is 11.6. The zero-order chi connectivity index (χ0) is 27.6. The average molecular weight is 563 g/mol. The maximum Gasteiger partial charge on any atom is 0.240 e. The number of rotatable bonds is 7. The number of aromatic nitrogens is 2. The first-order chi connectivity index (χ1) is 18.8. The number of hydrogen-bond acceptors (Lipinski definition) is 4. The Morgan fingerprint density at radius 3 is 2.49 bits per heavy atom. The Hall–Kier alpha value is -3.72. The molecule has 0 bridgehead atoms. The van der Waals surface area contributed by atoms with E-state index in [1.54, 1.807) is 36.7 Å². The summed E-state index contributed by atoms with van der Waals surface area (Å²) in [6.45, 7) is 3.58. The van der Waals surface area contributed by atoms with Crippen LogP contribution in [-0.2, 0) is 10.0 Å². The average Bonchev–Trinajstić information content (AvgIpc) is 3.40. The Bertz CT molecular complexity index is 1660. The Labute approximate surface area is 232 Å². The van der Waals surface area contributed by atoms with Crippen LogP contribution in [0.1, 0.15) is 24.5 Å². The van der Waals surface area contributed by atoms with Crippen molar-refractivity contribution in [2.75, 3.05) is 20.1 Å². The van der Waals surface area contributed by atoms with Gasteiger partial charge in [-0.2, -0.15) is 0 Å². The van der Waals surface area contributed by atoms with Crippen molar-refractivity contribution in [3.8, 4) is 22.4 Å². The molecule has 0 spiro atoms. The molecule has 3 heterocycles. The zero-order valence-electron chi connectivity index (χ0n) is 21.6. The van der Waals surface area contributed by atoms with Crippen LogP contribution in [-0.4, -0.2) is 43.4 Å². The van der Waals surface area contributed by atoms with E-state index < -0.39 is 15.8 Å². The molecule has 9 heteroatoms. The number of nitrogens with zero attached hydrogens (tertiary/aromatic N) is 2. The Morgan fingerprint density at radius 2 is 1.85 bits per heavy atom. The van der Waals surface area contributed by atoms with Crippen molar-refractivity contribution in [2.45, 2.75) is 18.2 Å². The first-order valence-electron chi connectivity index (χ1n) is 12.5. The first-order valence-corrected chi connectivity index (χ1v) is 14.4. The van der Waals surface area contributed by atoms with Crippen molar-refractivity contribution in [1.29, 1.82) is 0 Å². The van der Waals surface area contributed by atoms with Gasteiger partial charge in [-0.25, -0.2) is 17.5 Å². The van der Waals surface area contributed by atoms with E-state index in [0.29, 0.717) is 0 Å². The minimum absolute atomic E-state index is 0.0808. The molecule has 0 aliphatic carbocycles. The summed E-state index contributed by atoms with van der Waals surface area (Å²) in [5, 5.41) is 0.0808. The summed E-state index contributed by atoms with van der Waals surface area (Å²) in [6, 6.07) is 15.6. The molecule has 39 heavy (non-hydrogen) atoms. The van der Waals surface area contributed by atoms with E-state index in [-0.39, 0.29) is 9.92 Å². The van der Waals surface area contributed by atoms with Gasteiger partial charge in [0.1, 0.15) is 5.82 Å². The van der Waals surface area contributed by atoms with E-state index >= 15 is 0 Å². The smallest absolute Gasteiger partial charge is 0.240 e. The van der Waals surface area contributed by atoms with Crippen molar-refractivity contribution >= 4 is 32.8 Å². The number of benzene rings is 2. The fraction of sp³-hybridized carbons (Fsp3) is 0.167. The lowest BCUT2D eigenvalue weighted by Gasteiger charge is -2.26. The minimum atomic E-state index is -3.46. The van der Waals surface area contributed by atoms with Gasteiger partial charge in [-0.05, 0) is 85.1 Å². The third-order valence-corrected chi connectivity index (χ3v) is 8.63. The molecule has 0 amide bonds. The topological polar surface area (TPSA) is 78.1 Å². The predicted molar refractivity (Wildman–Crippen MR) is 155 cm³/mol. The number of halogens is 2. The second kappa shape index (κ2) is 11.2. The lowest BCUT2D eigenvalue weighted by atomic mass is 9.92. The molecule has 1 aliphatic rings. The fourth-order valence-electron chi connectivity index (χ4n) is 4.78. The number of nitrogens with one attached hydrogen (secondary N) is 2. The first kappa shape index (κ1) is 26.9. The second-order valence-electron chi connectivity index (χ2n) is 9.34. The molecule has 1 aliphatic heterocycles. The molecule has 2 aromatic heterocycles. The van der Waals surface area contributed by atoms with Gasteiger partial charge in [0.25, 0.3) is 0 Å². The van der Waals surface area contributed by atoms with Gasteiger partial charge >= 0.3 is 0 Å². The van der Waals surface area contributed by atoms with Crippen LogP contribution >= 0.6 is 11.6 Å². The standard InChI is InChI=1S/C30H28ClFN4O2S/c1-20(21-3-6-25(7-4-21)39(37,38)33-2)19-36-15-11-22(12-16-36)26-18-35-30(24-5-8-28(32)27(31)17-24)29(26)23-9-13-34-14-10-23/h3-11,13-14,17-19,33,35H,12,15-16H2,1-2H3. The van der Waals surface area contributed by atoms with Gasteiger partial charge in [0, 0.05) is 54.6 Å². The molecule has 0 atom stereocenters. The maximum atomic E-state index is 13.9. The molecule has 0 unspecified atom stereocenters. The van der Waals surface area contributed by atoms with Gasteiger partial charge in [0.05, 0.1) is 15.6 Å². The van der Waals surface area contributed by atoms with E-state index in [1.807, 2.05) is 37.4 Å². The van der Waals surface area contributed by atoms with Gasteiger partial charge in [-0.3, -0.25) is 4.98 Å². The lowest BCUT2D eigenvalue weighted by Crippen LogP contribution is -2.23. The summed E-state index contributed by atoms with van der Waals surface area (Å²) < 4.78 is 40.2. The summed E-state index contributed by atoms with van der Waals surface area (Å²) in [7, 11) is -2.06. The third-order valence-electron chi connectivity index (χ3n) is 6.91. The SMILES string of the molecule is CNS(=O)(=O)c1ccc(C(C)=CN2CC=C(c3c[nH]c(-c4ccc(F)c(Cl)c4)c3-c3ccncc3)CC2)cc1. The van der Waals surface area contributed by atoms with Gasteiger partial charge in [0.15, 0.2) is 0 Å². The fourth-order valence-corrected chi connectivity index (χ4v) is 5.69. The molecule has 4 aromatic rings. The molecule has 200 valence electrons. The number of sulfonamides is 1. The van der Waals surface area contributed by atoms with Crippen LogP contribution in [0.5, 0.6) is 0 Å². The molecule has 0 radical (unpaired) electrons. The van der Waals surface area contributed by atoms with Crippen molar-refractivity contribution in [1.82, 2.24) is 19.6 Å². The Balaban J connectivity index is 1.41.